The number of aryl methyl sites for hydroxylation is 2. The third-order valence-corrected chi connectivity index (χ3v) is 2.55. The van der Waals surface area contributed by atoms with Gasteiger partial charge in [-0.3, -0.25) is 0 Å². The van der Waals surface area contributed by atoms with Crippen LogP contribution in [0, 0.1) is 13.8 Å². The van der Waals surface area contributed by atoms with Crippen molar-refractivity contribution in [1.29, 1.82) is 0 Å². The maximum Gasteiger partial charge on any atom is 0.0675 e. The Hall–Kier alpha value is -1.83. The Kier molecular flexibility index (Phi) is 2.91. The summed E-state index contributed by atoms with van der Waals surface area (Å²) in [5, 5.41) is 4.42. The summed E-state index contributed by atoms with van der Waals surface area (Å²) in [5.74, 6) is 0. The molecule has 16 heavy (non-hydrogen) atoms. The van der Waals surface area contributed by atoms with Gasteiger partial charge in [-0.05, 0) is 50.1 Å². The fourth-order valence-corrected chi connectivity index (χ4v) is 1.78. The predicted octanol–water partition coefficient (Wildman–Crippen LogP) is 3.52. The van der Waals surface area contributed by atoms with E-state index in [0.717, 1.165) is 11.4 Å². The summed E-state index contributed by atoms with van der Waals surface area (Å²) < 4.78 is 1.92. The Morgan fingerprint density at radius 1 is 1.19 bits per heavy atom. The molecule has 0 aliphatic heterocycles. The second-order valence-electron chi connectivity index (χ2n) is 3.95. The van der Waals surface area contributed by atoms with E-state index in [1.165, 1.54) is 11.1 Å². The molecule has 0 atom stereocenters. The number of rotatable bonds is 2. The first-order valence-corrected chi connectivity index (χ1v) is 5.46. The molecule has 0 amide bonds. The van der Waals surface area contributed by atoms with Gasteiger partial charge in [0.1, 0.15) is 0 Å². The van der Waals surface area contributed by atoms with Crippen LogP contribution in [0.4, 0.5) is 0 Å². The van der Waals surface area contributed by atoms with Crippen LogP contribution < -0.4 is 0 Å². The Balaban J connectivity index is 2.43. The quantitative estimate of drug-likeness (QED) is 0.744. The van der Waals surface area contributed by atoms with Gasteiger partial charge in [0.15, 0.2) is 0 Å². The van der Waals surface area contributed by atoms with Crippen LogP contribution in [-0.2, 0) is 0 Å². The lowest BCUT2D eigenvalue weighted by Gasteiger charge is -2.06. The minimum atomic E-state index is 1.04. The first-order valence-electron chi connectivity index (χ1n) is 5.46. The average Bonchev–Trinajstić information content (AvgIpc) is 2.65. The van der Waals surface area contributed by atoms with Crippen LogP contribution >= 0.6 is 0 Å². The van der Waals surface area contributed by atoms with Gasteiger partial charge >= 0.3 is 0 Å². The molecule has 0 aliphatic carbocycles. The normalized spacial score (nSPS) is 11.2. The zero-order valence-corrected chi connectivity index (χ0v) is 9.94. The van der Waals surface area contributed by atoms with Crippen molar-refractivity contribution in [3.63, 3.8) is 0 Å². The molecule has 0 saturated carbocycles. The summed E-state index contributed by atoms with van der Waals surface area (Å²) in [5.41, 5.74) is 4.64. The van der Waals surface area contributed by atoms with Crippen molar-refractivity contribution in [3.05, 3.63) is 53.4 Å². The third kappa shape index (κ3) is 2.06. The molecule has 0 aliphatic rings. The van der Waals surface area contributed by atoms with Crippen molar-refractivity contribution in [1.82, 2.24) is 9.78 Å². The molecule has 0 unspecified atom stereocenters. The zero-order valence-electron chi connectivity index (χ0n) is 9.94. The van der Waals surface area contributed by atoms with Crippen LogP contribution in [0.25, 0.3) is 11.8 Å². The molecule has 0 bridgehead atoms. The molecule has 0 saturated heterocycles. The largest absolute Gasteiger partial charge is 0.240 e. The fraction of sp³-hybridized carbons (Fsp3) is 0.214. The second kappa shape index (κ2) is 4.35. The van der Waals surface area contributed by atoms with E-state index in [0.29, 0.717) is 0 Å². The molecule has 2 nitrogen and oxygen atoms in total. The van der Waals surface area contributed by atoms with Gasteiger partial charge < -0.3 is 0 Å². The molecule has 82 valence electrons. The monoisotopic (exact) mass is 212 g/mol. The molecule has 2 rings (SSSR count). The highest BCUT2D eigenvalue weighted by molar-refractivity contribution is 5.54. The Morgan fingerprint density at radius 3 is 2.56 bits per heavy atom. The molecule has 1 aromatic heterocycles. The third-order valence-electron chi connectivity index (χ3n) is 2.55. The van der Waals surface area contributed by atoms with Crippen LogP contribution in [0.3, 0.4) is 0 Å². The number of allylic oxidation sites excluding steroid dienone is 1. The minimum absolute atomic E-state index is 1.04. The summed E-state index contributed by atoms with van der Waals surface area (Å²) in [6.45, 7) is 6.14. The lowest BCUT2D eigenvalue weighted by atomic mass is 10.1. The summed E-state index contributed by atoms with van der Waals surface area (Å²) in [7, 11) is 0. The highest BCUT2D eigenvalue weighted by Gasteiger charge is 2.02. The molecular formula is C14H16N2. The van der Waals surface area contributed by atoms with E-state index < -0.39 is 0 Å². The molecule has 0 fully saturated rings. The van der Waals surface area contributed by atoms with Crippen molar-refractivity contribution in [3.8, 4) is 5.69 Å². The zero-order chi connectivity index (χ0) is 11.5. The maximum absolute atomic E-state index is 4.42. The Labute approximate surface area is 96.2 Å². The fourth-order valence-electron chi connectivity index (χ4n) is 1.78. The van der Waals surface area contributed by atoms with Crippen LogP contribution in [-0.4, -0.2) is 9.78 Å². The van der Waals surface area contributed by atoms with E-state index in [9.17, 15) is 0 Å². The smallest absolute Gasteiger partial charge is 0.0675 e. The maximum atomic E-state index is 4.42. The topological polar surface area (TPSA) is 17.8 Å². The van der Waals surface area contributed by atoms with Crippen LogP contribution in [0.1, 0.15) is 23.7 Å². The predicted molar refractivity (Wildman–Crippen MR) is 67.7 cm³/mol. The summed E-state index contributed by atoms with van der Waals surface area (Å²) in [6, 6.07) is 8.40. The number of benzene rings is 1. The van der Waals surface area contributed by atoms with E-state index in [4.69, 9.17) is 0 Å². The molecule has 0 radical (unpaired) electrons. The molecule has 0 N–H and O–H groups in total. The van der Waals surface area contributed by atoms with Gasteiger partial charge in [0.2, 0.25) is 0 Å². The standard InChI is InChI=1S/C14H16N2/c1-4-5-13-6-7-14(11(2)10-13)16-9-8-12(3)15-16/h4-10H,1-3H3/b5-4+. The van der Waals surface area contributed by atoms with Crippen molar-refractivity contribution in [2.45, 2.75) is 20.8 Å². The highest BCUT2D eigenvalue weighted by Crippen LogP contribution is 2.16. The van der Waals surface area contributed by atoms with Crippen LogP contribution in [0.5, 0.6) is 0 Å². The molecule has 2 aromatic rings. The number of nitrogens with zero attached hydrogens (tertiary/aromatic N) is 2. The van der Waals surface area contributed by atoms with E-state index in [1.807, 2.05) is 36.9 Å². The second-order valence-corrected chi connectivity index (χ2v) is 3.95. The van der Waals surface area contributed by atoms with E-state index in [2.05, 4.69) is 36.3 Å². The molecule has 0 spiro atoms. The molecule has 1 aromatic carbocycles. The highest BCUT2D eigenvalue weighted by atomic mass is 15.3. The number of aromatic nitrogens is 2. The number of hydrogen-bond donors (Lipinski definition) is 0. The van der Waals surface area contributed by atoms with Crippen molar-refractivity contribution < 1.29 is 0 Å². The lowest BCUT2D eigenvalue weighted by molar-refractivity contribution is 0.855. The SMILES string of the molecule is C/C=C/c1ccc(-n2ccc(C)n2)c(C)c1. The van der Waals surface area contributed by atoms with E-state index >= 15 is 0 Å². The van der Waals surface area contributed by atoms with Crippen LogP contribution in [0.2, 0.25) is 0 Å². The lowest BCUT2D eigenvalue weighted by Crippen LogP contribution is -1.98. The van der Waals surface area contributed by atoms with Gasteiger partial charge in [0, 0.05) is 6.20 Å². The van der Waals surface area contributed by atoms with E-state index in [-0.39, 0.29) is 0 Å². The Morgan fingerprint density at radius 2 is 2.00 bits per heavy atom. The Bertz CT molecular complexity index is 521. The van der Waals surface area contributed by atoms with Gasteiger partial charge in [-0.1, -0.05) is 18.2 Å². The van der Waals surface area contributed by atoms with Gasteiger partial charge in [0.25, 0.3) is 0 Å². The number of hydrogen-bond acceptors (Lipinski definition) is 1. The van der Waals surface area contributed by atoms with Crippen molar-refractivity contribution in [2.75, 3.05) is 0 Å². The average molecular weight is 212 g/mol. The first kappa shape index (κ1) is 10.7. The van der Waals surface area contributed by atoms with E-state index in [1.54, 1.807) is 0 Å². The minimum Gasteiger partial charge on any atom is -0.240 e. The van der Waals surface area contributed by atoms with Gasteiger partial charge in [-0.15, -0.1) is 0 Å². The van der Waals surface area contributed by atoms with Gasteiger partial charge in [-0.25, -0.2) is 4.68 Å². The van der Waals surface area contributed by atoms with Crippen molar-refractivity contribution >= 4 is 6.08 Å². The van der Waals surface area contributed by atoms with Crippen LogP contribution in [0.15, 0.2) is 36.5 Å². The summed E-state index contributed by atoms with van der Waals surface area (Å²) in [4.78, 5) is 0. The summed E-state index contributed by atoms with van der Waals surface area (Å²) >= 11 is 0. The summed E-state index contributed by atoms with van der Waals surface area (Å²) in [6.07, 6.45) is 6.14. The molecule has 1 heterocycles. The first-order chi connectivity index (χ1) is 7.70. The van der Waals surface area contributed by atoms with Gasteiger partial charge in [0.05, 0.1) is 11.4 Å². The van der Waals surface area contributed by atoms with Crippen molar-refractivity contribution in [2.24, 2.45) is 0 Å². The molecular weight excluding hydrogens is 196 g/mol. The van der Waals surface area contributed by atoms with Gasteiger partial charge in [-0.2, -0.15) is 5.10 Å². The molecule has 2 heteroatoms.